The number of rotatable bonds is 3. The second kappa shape index (κ2) is 5.04. The number of nitrogens with zero attached hydrogens (tertiary/aromatic N) is 2. The third-order valence-electron chi connectivity index (χ3n) is 3.49. The molecule has 0 aliphatic heterocycles. The molecule has 0 fully saturated rings. The minimum Gasteiger partial charge on any atom is -0.497 e. The summed E-state index contributed by atoms with van der Waals surface area (Å²) < 4.78 is 11.1. The predicted octanol–water partition coefficient (Wildman–Crippen LogP) is 4.13. The lowest BCUT2D eigenvalue weighted by Crippen LogP contribution is -1.95. The van der Waals surface area contributed by atoms with Gasteiger partial charge in [0.25, 0.3) is 0 Å². The Balaban J connectivity index is 1.84. The SMILES string of the molecule is COc1cccc(Nc2ncnc3c2oc2ccccc23)c1. The fraction of sp³-hybridized carbons (Fsp3) is 0.0588. The maximum atomic E-state index is 5.89. The average Bonchev–Trinajstić information content (AvgIpc) is 2.95. The molecule has 108 valence electrons. The second-order valence-corrected chi connectivity index (χ2v) is 4.86. The maximum absolute atomic E-state index is 5.89. The number of methoxy groups -OCH3 is 1. The van der Waals surface area contributed by atoms with E-state index in [4.69, 9.17) is 9.15 Å². The smallest absolute Gasteiger partial charge is 0.196 e. The number of anilines is 2. The van der Waals surface area contributed by atoms with Crippen LogP contribution in [0, 0.1) is 0 Å². The fourth-order valence-corrected chi connectivity index (χ4v) is 2.45. The van der Waals surface area contributed by atoms with E-state index in [2.05, 4.69) is 15.3 Å². The van der Waals surface area contributed by atoms with E-state index in [0.29, 0.717) is 11.4 Å². The first-order valence-corrected chi connectivity index (χ1v) is 6.88. The van der Waals surface area contributed by atoms with Crippen LogP contribution in [0.5, 0.6) is 5.75 Å². The monoisotopic (exact) mass is 291 g/mol. The van der Waals surface area contributed by atoms with E-state index in [1.165, 1.54) is 6.33 Å². The summed E-state index contributed by atoms with van der Waals surface area (Å²) in [5.41, 5.74) is 3.12. The average molecular weight is 291 g/mol. The second-order valence-electron chi connectivity index (χ2n) is 4.86. The van der Waals surface area contributed by atoms with Gasteiger partial charge in [0.05, 0.1) is 7.11 Å². The maximum Gasteiger partial charge on any atom is 0.196 e. The van der Waals surface area contributed by atoms with E-state index >= 15 is 0 Å². The van der Waals surface area contributed by atoms with Crippen molar-refractivity contribution in [3.63, 3.8) is 0 Å². The van der Waals surface area contributed by atoms with Crippen LogP contribution < -0.4 is 10.1 Å². The van der Waals surface area contributed by atoms with Crippen molar-refractivity contribution in [3.8, 4) is 5.75 Å². The van der Waals surface area contributed by atoms with Crippen LogP contribution in [0.2, 0.25) is 0 Å². The Morgan fingerprint density at radius 3 is 2.86 bits per heavy atom. The molecule has 4 rings (SSSR count). The fourth-order valence-electron chi connectivity index (χ4n) is 2.45. The summed E-state index contributed by atoms with van der Waals surface area (Å²) >= 11 is 0. The first kappa shape index (κ1) is 12.6. The quantitative estimate of drug-likeness (QED) is 0.615. The first-order valence-electron chi connectivity index (χ1n) is 6.88. The lowest BCUT2D eigenvalue weighted by molar-refractivity contribution is 0.415. The van der Waals surface area contributed by atoms with Gasteiger partial charge in [0.1, 0.15) is 23.2 Å². The Labute approximate surface area is 126 Å². The van der Waals surface area contributed by atoms with E-state index < -0.39 is 0 Å². The Kier molecular flexibility index (Phi) is 2.89. The van der Waals surface area contributed by atoms with Gasteiger partial charge in [0.2, 0.25) is 0 Å². The summed E-state index contributed by atoms with van der Waals surface area (Å²) in [6.45, 7) is 0. The molecule has 22 heavy (non-hydrogen) atoms. The van der Waals surface area contributed by atoms with Crippen molar-refractivity contribution in [1.29, 1.82) is 0 Å². The number of para-hydroxylation sites is 1. The first-order chi connectivity index (χ1) is 10.8. The van der Waals surface area contributed by atoms with E-state index in [9.17, 15) is 0 Å². The molecule has 0 saturated heterocycles. The number of ether oxygens (including phenoxy) is 1. The lowest BCUT2D eigenvalue weighted by Gasteiger charge is -2.07. The molecule has 2 aromatic heterocycles. The minimum absolute atomic E-state index is 0.634. The molecule has 5 heteroatoms. The van der Waals surface area contributed by atoms with Crippen molar-refractivity contribution in [2.24, 2.45) is 0 Å². The van der Waals surface area contributed by atoms with Crippen LogP contribution in [0.4, 0.5) is 11.5 Å². The number of nitrogens with one attached hydrogen (secondary N) is 1. The van der Waals surface area contributed by atoms with Gasteiger partial charge in [-0.05, 0) is 24.3 Å². The van der Waals surface area contributed by atoms with Crippen LogP contribution in [0.15, 0.2) is 59.3 Å². The molecule has 5 nitrogen and oxygen atoms in total. The number of fused-ring (bicyclic) bond motifs is 3. The normalized spacial score (nSPS) is 11.0. The van der Waals surface area contributed by atoms with Gasteiger partial charge in [-0.2, -0.15) is 0 Å². The van der Waals surface area contributed by atoms with Gasteiger partial charge >= 0.3 is 0 Å². The molecule has 0 bridgehead atoms. The summed E-state index contributed by atoms with van der Waals surface area (Å²) in [5, 5.41) is 4.24. The molecule has 0 spiro atoms. The van der Waals surface area contributed by atoms with Crippen LogP contribution in [0.1, 0.15) is 0 Å². The van der Waals surface area contributed by atoms with Crippen molar-refractivity contribution in [2.75, 3.05) is 12.4 Å². The Morgan fingerprint density at radius 1 is 1.05 bits per heavy atom. The van der Waals surface area contributed by atoms with Crippen LogP contribution in [-0.2, 0) is 0 Å². The summed E-state index contributed by atoms with van der Waals surface area (Å²) in [6.07, 6.45) is 1.53. The number of hydrogen-bond donors (Lipinski definition) is 1. The third-order valence-corrected chi connectivity index (χ3v) is 3.49. The van der Waals surface area contributed by atoms with E-state index in [-0.39, 0.29) is 0 Å². The van der Waals surface area contributed by atoms with Gasteiger partial charge in [0.15, 0.2) is 11.4 Å². The van der Waals surface area contributed by atoms with Crippen LogP contribution in [0.25, 0.3) is 22.1 Å². The van der Waals surface area contributed by atoms with Crippen LogP contribution in [0.3, 0.4) is 0 Å². The highest BCUT2D eigenvalue weighted by Crippen LogP contribution is 2.32. The molecule has 0 aliphatic carbocycles. The zero-order chi connectivity index (χ0) is 14.9. The van der Waals surface area contributed by atoms with Gasteiger partial charge in [0, 0.05) is 17.1 Å². The zero-order valence-corrected chi connectivity index (χ0v) is 11.9. The Hall–Kier alpha value is -3.08. The molecule has 1 N–H and O–H groups in total. The van der Waals surface area contributed by atoms with Gasteiger partial charge in [-0.25, -0.2) is 9.97 Å². The molecular formula is C17H13N3O2. The van der Waals surface area contributed by atoms with Gasteiger partial charge in [-0.3, -0.25) is 0 Å². The standard InChI is InChI=1S/C17H13N3O2/c1-21-12-6-4-5-11(9-12)20-17-16-15(18-10-19-17)13-7-2-3-8-14(13)22-16/h2-10H,1H3,(H,18,19,20). The summed E-state index contributed by atoms with van der Waals surface area (Å²) in [6, 6.07) is 15.5. The molecular weight excluding hydrogens is 278 g/mol. The van der Waals surface area contributed by atoms with Gasteiger partial charge in [-0.1, -0.05) is 18.2 Å². The number of hydrogen-bond acceptors (Lipinski definition) is 5. The zero-order valence-electron chi connectivity index (χ0n) is 11.9. The van der Waals surface area contributed by atoms with Crippen molar-refractivity contribution < 1.29 is 9.15 Å². The predicted molar refractivity (Wildman–Crippen MR) is 85.6 cm³/mol. The van der Waals surface area contributed by atoms with Crippen LogP contribution >= 0.6 is 0 Å². The van der Waals surface area contributed by atoms with E-state index in [0.717, 1.165) is 27.9 Å². The van der Waals surface area contributed by atoms with Crippen molar-refractivity contribution in [1.82, 2.24) is 9.97 Å². The third kappa shape index (κ3) is 2.03. The van der Waals surface area contributed by atoms with Crippen molar-refractivity contribution >= 4 is 33.6 Å². The summed E-state index contributed by atoms with van der Waals surface area (Å²) in [5.74, 6) is 1.41. The Morgan fingerprint density at radius 2 is 1.95 bits per heavy atom. The number of benzene rings is 2. The van der Waals surface area contributed by atoms with E-state index in [1.54, 1.807) is 7.11 Å². The van der Waals surface area contributed by atoms with E-state index in [1.807, 2.05) is 48.5 Å². The highest BCUT2D eigenvalue weighted by molar-refractivity contribution is 6.05. The van der Waals surface area contributed by atoms with Gasteiger partial charge < -0.3 is 14.5 Å². The topological polar surface area (TPSA) is 60.2 Å². The van der Waals surface area contributed by atoms with Crippen molar-refractivity contribution in [2.45, 2.75) is 0 Å². The molecule has 0 unspecified atom stereocenters. The summed E-state index contributed by atoms with van der Waals surface area (Å²) in [7, 11) is 1.64. The molecule has 2 aromatic carbocycles. The molecule has 0 radical (unpaired) electrons. The van der Waals surface area contributed by atoms with Crippen LogP contribution in [-0.4, -0.2) is 17.1 Å². The molecule has 2 heterocycles. The van der Waals surface area contributed by atoms with Gasteiger partial charge in [-0.15, -0.1) is 0 Å². The molecule has 0 aliphatic rings. The minimum atomic E-state index is 0.634. The molecule has 4 aromatic rings. The Bertz CT molecular complexity index is 962. The molecule has 0 atom stereocenters. The summed E-state index contributed by atoms with van der Waals surface area (Å²) in [4.78, 5) is 8.63. The largest absolute Gasteiger partial charge is 0.497 e. The molecule has 0 saturated carbocycles. The highest BCUT2D eigenvalue weighted by Gasteiger charge is 2.12. The molecule has 0 amide bonds. The van der Waals surface area contributed by atoms with Crippen molar-refractivity contribution in [3.05, 3.63) is 54.9 Å². The highest BCUT2D eigenvalue weighted by atomic mass is 16.5. The number of furan rings is 1. The lowest BCUT2D eigenvalue weighted by atomic mass is 10.2. The number of aromatic nitrogens is 2.